The van der Waals surface area contributed by atoms with Crippen molar-refractivity contribution >= 4 is 23.3 Å². The van der Waals surface area contributed by atoms with Gasteiger partial charge in [0.15, 0.2) is 0 Å². The van der Waals surface area contributed by atoms with Crippen molar-refractivity contribution in [2.75, 3.05) is 13.1 Å². The fourth-order valence-electron chi connectivity index (χ4n) is 4.30. The zero-order chi connectivity index (χ0) is 23.1. The van der Waals surface area contributed by atoms with Gasteiger partial charge in [0.05, 0.1) is 0 Å². The number of carbonyl (C=O) groups excluding carboxylic acids is 2. The molecule has 0 radical (unpaired) electrons. The summed E-state index contributed by atoms with van der Waals surface area (Å²) in [5.41, 5.74) is 8.44. The molecule has 2 N–H and O–H groups in total. The number of hydrogen-bond acceptors (Lipinski definition) is 4. The van der Waals surface area contributed by atoms with Gasteiger partial charge in [0.1, 0.15) is 5.58 Å². The van der Waals surface area contributed by atoms with Crippen LogP contribution < -0.4 is 11.4 Å². The molecule has 0 bridgehead atoms. The first-order chi connectivity index (χ1) is 15.4. The number of rotatable bonds is 4. The van der Waals surface area contributed by atoms with Crippen molar-refractivity contribution in [1.29, 1.82) is 0 Å². The fraction of sp³-hybridized carbons (Fsp3) is 0.346. The van der Waals surface area contributed by atoms with Crippen molar-refractivity contribution < 1.29 is 14.0 Å². The minimum atomic E-state index is -0.356. The molecule has 2 amide bonds. The van der Waals surface area contributed by atoms with Gasteiger partial charge < -0.3 is 15.1 Å². The smallest absolute Gasteiger partial charge is 0.336 e. The molecule has 2 aromatic carbocycles. The maximum absolute atomic E-state index is 12.7. The molecule has 2 heterocycles. The molecular formula is C26H30N2O4. The Morgan fingerprint density at radius 3 is 2.47 bits per heavy atom. The summed E-state index contributed by atoms with van der Waals surface area (Å²) in [6.07, 6.45) is 4.30. The molecule has 0 aliphatic carbocycles. The number of hydrogen-bond donors (Lipinski definition) is 1. The second-order valence-electron chi connectivity index (χ2n) is 8.25. The van der Waals surface area contributed by atoms with Crippen molar-refractivity contribution in [3.8, 4) is 11.1 Å². The lowest BCUT2D eigenvalue weighted by Gasteiger charge is -2.29. The molecule has 0 spiro atoms. The number of aryl methyl sites for hydroxylation is 1. The Bertz CT molecular complexity index is 1150. The summed E-state index contributed by atoms with van der Waals surface area (Å²) in [4.78, 5) is 35.5. The molecule has 1 aliphatic heterocycles. The summed E-state index contributed by atoms with van der Waals surface area (Å²) in [5.74, 6) is 0.136. The molecule has 1 saturated heterocycles. The second-order valence-corrected chi connectivity index (χ2v) is 8.25. The van der Waals surface area contributed by atoms with Crippen LogP contribution in [0.1, 0.15) is 37.3 Å². The number of likely N-dealkylation sites (tertiary alicyclic amines) is 1. The zero-order valence-electron chi connectivity index (χ0n) is 18.7. The van der Waals surface area contributed by atoms with E-state index in [0.29, 0.717) is 12.0 Å². The van der Waals surface area contributed by atoms with Crippen LogP contribution in [0.3, 0.4) is 0 Å². The average molecular weight is 435 g/mol. The highest BCUT2D eigenvalue weighted by Crippen LogP contribution is 2.30. The summed E-state index contributed by atoms with van der Waals surface area (Å²) in [7, 11) is 0. The Morgan fingerprint density at radius 1 is 1.09 bits per heavy atom. The maximum Gasteiger partial charge on any atom is 0.336 e. The zero-order valence-corrected chi connectivity index (χ0v) is 18.7. The predicted molar refractivity (Wildman–Crippen MR) is 126 cm³/mol. The normalized spacial score (nSPS) is 14.4. The minimum Gasteiger partial charge on any atom is -0.423 e. The quantitative estimate of drug-likeness (QED) is 0.495. The molecule has 3 aromatic rings. The van der Waals surface area contributed by atoms with E-state index in [-0.39, 0.29) is 23.9 Å². The molecule has 0 saturated carbocycles. The summed E-state index contributed by atoms with van der Waals surface area (Å²) < 4.78 is 5.51. The van der Waals surface area contributed by atoms with Gasteiger partial charge in [0.2, 0.25) is 12.3 Å². The summed E-state index contributed by atoms with van der Waals surface area (Å²) in [5, 5.41) is 0.915. The van der Waals surface area contributed by atoms with E-state index in [4.69, 9.17) is 9.21 Å². The van der Waals surface area contributed by atoms with Crippen molar-refractivity contribution in [1.82, 2.24) is 4.90 Å². The highest BCUT2D eigenvalue weighted by Gasteiger charge is 2.22. The van der Waals surface area contributed by atoms with Crippen LogP contribution in [-0.4, -0.2) is 30.3 Å². The van der Waals surface area contributed by atoms with Gasteiger partial charge in [-0.2, -0.15) is 0 Å². The molecule has 1 aromatic heterocycles. The first-order valence-electron chi connectivity index (χ1n) is 11.0. The van der Waals surface area contributed by atoms with Crippen LogP contribution in [0.15, 0.2) is 57.7 Å². The van der Waals surface area contributed by atoms with Crippen LogP contribution in [0.25, 0.3) is 22.1 Å². The average Bonchev–Trinajstić information content (AvgIpc) is 2.79. The number of carbonyl (C=O) groups is 2. The van der Waals surface area contributed by atoms with Crippen molar-refractivity contribution in [3.05, 3.63) is 70.1 Å². The number of fused-ring (bicyclic) bond motifs is 1. The van der Waals surface area contributed by atoms with Crippen molar-refractivity contribution in [2.45, 2.75) is 39.5 Å². The highest BCUT2D eigenvalue weighted by atomic mass is 16.4. The van der Waals surface area contributed by atoms with E-state index in [2.05, 4.69) is 5.73 Å². The summed E-state index contributed by atoms with van der Waals surface area (Å²) in [6.45, 7) is 5.77. The Balaban J connectivity index is 0.000000913. The fourth-order valence-corrected chi connectivity index (χ4v) is 4.30. The van der Waals surface area contributed by atoms with Crippen LogP contribution in [-0.2, 0) is 16.0 Å². The van der Waals surface area contributed by atoms with E-state index in [1.165, 1.54) is 6.42 Å². The molecule has 6 heteroatoms. The SMILES string of the molecule is Cc1ccccc1-c1cc(=O)oc2cc(CC(C)C(=O)N3CCCCC3)ccc12.NC=O. The number of amides is 2. The molecule has 1 aliphatic rings. The standard InChI is InChI=1S/C25H27NO3.CH3NO/c1-17-8-4-5-9-20(17)22-16-24(27)29-23-15-19(10-11-21(22)23)14-18(2)25(28)26-12-6-3-7-13-26;2-1-3/h4-5,8-11,15-16,18H,3,6-7,12-14H2,1-2H3;1H,(H2,2,3). The van der Waals surface area contributed by atoms with Gasteiger partial charge >= 0.3 is 5.63 Å². The van der Waals surface area contributed by atoms with Crippen LogP contribution in [0.5, 0.6) is 0 Å². The van der Waals surface area contributed by atoms with Gasteiger partial charge in [-0.3, -0.25) is 9.59 Å². The Labute approximate surface area is 188 Å². The van der Waals surface area contributed by atoms with E-state index in [0.717, 1.165) is 53.6 Å². The Hall–Kier alpha value is -3.41. The van der Waals surface area contributed by atoms with Gasteiger partial charge in [-0.05, 0) is 55.4 Å². The van der Waals surface area contributed by atoms with Gasteiger partial charge in [-0.25, -0.2) is 4.79 Å². The van der Waals surface area contributed by atoms with Crippen molar-refractivity contribution in [3.63, 3.8) is 0 Å². The monoisotopic (exact) mass is 434 g/mol. The van der Waals surface area contributed by atoms with Gasteiger partial charge in [-0.1, -0.05) is 43.3 Å². The first kappa shape index (κ1) is 23.3. The third kappa shape index (κ3) is 5.44. The lowest BCUT2D eigenvalue weighted by atomic mass is 9.95. The largest absolute Gasteiger partial charge is 0.423 e. The molecule has 1 unspecified atom stereocenters. The third-order valence-corrected chi connectivity index (χ3v) is 5.88. The molecule has 6 nitrogen and oxygen atoms in total. The number of nitrogens with two attached hydrogens (primary N) is 1. The van der Waals surface area contributed by atoms with Crippen LogP contribution in [0.4, 0.5) is 0 Å². The second kappa shape index (κ2) is 10.8. The number of piperidine rings is 1. The third-order valence-electron chi connectivity index (χ3n) is 5.88. The van der Waals surface area contributed by atoms with E-state index in [1.54, 1.807) is 6.07 Å². The van der Waals surface area contributed by atoms with E-state index >= 15 is 0 Å². The molecule has 1 fully saturated rings. The number of benzene rings is 2. The Kier molecular flexibility index (Phi) is 7.82. The molecule has 1 atom stereocenters. The molecule has 168 valence electrons. The van der Waals surface area contributed by atoms with Gasteiger partial charge in [-0.15, -0.1) is 0 Å². The topological polar surface area (TPSA) is 93.6 Å². The lowest BCUT2D eigenvalue weighted by Crippen LogP contribution is -2.39. The number of primary amides is 1. The summed E-state index contributed by atoms with van der Waals surface area (Å²) >= 11 is 0. The van der Waals surface area contributed by atoms with Crippen LogP contribution in [0.2, 0.25) is 0 Å². The van der Waals surface area contributed by atoms with Crippen molar-refractivity contribution in [2.24, 2.45) is 11.7 Å². The lowest BCUT2D eigenvalue weighted by molar-refractivity contribution is -0.135. The van der Waals surface area contributed by atoms with Gasteiger partial charge in [0, 0.05) is 36.0 Å². The van der Waals surface area contributed by atoms with Crippen LogP contribution >= 0.6 is 0 Å². The van der Waals surface area contributed by atoms with E-state index < -0.39 is 0 Å². The molecule has 32 heavy (non-hydrogen) atoms. The Morgan fingerprint density at radius 2 is 1.78 bits per heavy atom. The molecule has 4 rings (SSSR count). The number of nitrogens with zero attached hydrogens (tertiary/aromatic N) is 1. The molecular weight excluding hydrogens is 404 g/mol. The minimum absolute atomic E-state index is 0.0863. The van der Waals surface area contributed by atoms with E-state index in [1.807, 2.05) is 61.2 Å². The first-order valence-corrected chi connectivity index (χ1v) is 11.0. The maximum atomic E-state index is 12.7. The highest BCUT2D eigenvalue weighted by molar-refractivity contribution is 5.94. The van der Waals surface area contributed by atoms with Crippen LogP contribution in [0, 0.1) is 12.8 Å². The van der Waals surface area contributed by atoms with E-state index in [9.17, 15) is 9.59 Å². The van der Waals surface area contributed by atoms with Gasteiger partial charge in [0.25, 0.3) is 0 Å². The predicted octanol–water partition coefficient (Wildman–Crippen LogP) is 4.06. The summed E-state index contributed by atoms with van der Waals surface area (Å²) in [6, 6.07) is 15.6.